The molecule has 3 N–H and O–H groups in total. The molecule has 2 aliphatic heterocycles. The number of hydrogen-bond donors (Lipinski definition) is 3. The lowest BCUT2D eigenvalue weighted by Gasteiger charge is -2.02. The molecule has 0 unspecified atom stereocenters. The van der Waals surface area contributed by atoms with Crippen LogP contribution in [0.3, 0.4) is 0 Å². The van der Waals surface area contributed by atoms with Gasteiger partial charge in [-0.2, -0.15) is 0 Å². The SMILES string of the molecule is C1=Cc2cc3cc(-c4cccc5c4[nH]c4ccccc45)c(cc4nc(cc5ccc(cc1n2)[nH]5)C=C4)[nH]3.c1ccc2nccnc2c1. The second kappa shape index (κ2) is 11.1. The highest BCUT2D eigenvalue weighted by Crippen LogP contribution is 2.36. The molecule has 8 bridgehead atoms. The number of fused-ring (bicyclic) bond motifs is 12. The number of para-hydroxylation sites is 4. The normalized spacial score (nSPS) is 12.1. The molecule has 0 saturated carbocycles. The van der Waals surface area contributed by atoms with Crippen molar-refractivity contribution in [2.24, 2.45) is 0 Å². The maximum Gasteiger partial charge on any atom is 0.0886 e. The molecule has 0 spiro atoms. The van der Waals surface area contributed by atoms with Gasteiger partial charge in [-0.05, 0) is 85.0 Å². The molecule has 222 valence electrons. The van der Waals surface area contributed by atoms with Crippen LogP contribution in [0, 0.1) is 0 Å². The highest BCUT2D eigenvalue weighted by atomic mass is 14.8. The molecule has 0 aliphatic carbocycles. The molecule has 0 amide bonds. The maximum absolute atomic E-state index is 4.86. The van der Waals surface area contributed by atoms with E-state index in [1.54, 1.807) is 12.4 Å². The summed E-state index contributed by atoms with van der Waals surface area (Å²) >= 11 is 0. The minimum atomic E-state index is 0.906. The number of aromatic nitrogens is 7. The molecule has 7 heterocycles. The third-order valence-corrected chi connectivity index (χ3v) is 8.38. The quantitative estimate of drug-likeness (QED) is 0.173. The van der Waals surface area contributed by atoms with Gasteiger partial charge in [0.2, 0.25) is 0 Å². The van der Waals surface area contributed by atoms with E-state index < -0.39 is 0 Å². The summed E-state index contributed by atoms with van der Waals surface area (Å²) < 4.78 is 0. The molecule has 7 heteroatoms. The van der Waals surface area contributed by atoms with Crippen molar-refractivity contribution in [1.29, 1.82) is 0 Å². The Morgan fingerprint density at radius 1 is 0.404 bits per heavy atom. The molecule has 0 atom stereocenters. The molecule has 10 rings (SSSR count). The van der Waals surface area contributed by atoms with Gasteiger partial charge in [-0.1, -0.05) is 48.5 Å². The zero-order chi connectivity index (χ0) is 31.2. The molecule has 8 aromatic rings. The van der Waals surface area contributed by atoms with E-state index in [-0.39, 0.29) is 0 Å². The van der Waals surface area contributed by atoms with E-state index in [4.69, 9.17) is 9.97 Å². The van der Waals surface area contributed by atoms with Crippen LogP contribution in [0.4, 0.5) is 0 Å². The highest BCUT2D eigenvalue weighted by molar-refractivity contribution is 6.13. The molecular formula is C40H27N7. The second-order valence-electron chi connectivity index (χ2n) is 11.5. The van der Waals surface area contributed by atoms with Crippen LogP contribution in [0.2, 0.25) is 0 Å². The first-order valence-electron chi connectivity index (χ1n) is 15.5. The molecular weight excluding hydrogens is 578 g/mol. The third-order valence-electron chi connectivity index (χ3n) is 8.38. The van der Waals surface area contributed by atoms with Crippen LogP contribution < -0.4 is 0 Å². The van der Waals surface area contributed by atoms with Gasteiger partial charge in [-0.3, -0.25) is 9.97 Å². The summed E-state index contributed by atoms with van der Waals surface area (Å²) in [6, 6.07) is 37.4. The maximum atomic E-state index is 4.86. The monoisotopic (exact) mass is 605 g/mol. The zero-order valence-corrected chi connectivity index (χ0v) is 25.1. The van der Waals surface area contributed by atoms with Gasteiger partial charge in [0.05, 0.1) is 39.3 Å². The van der Waals surface area contributed by atoms with Crippen molar-refractivity contribution in [3.63, 3.8) is 0 Å². The first kappa shape index (κ1) is 26.8. The minimum Gasteiger partial charge on any atom is -0.355 e. The highest BCUT2D eigenvalue weighted by Gasteiger charge is 2.13. The molecule has 0 saturated heterocycles. The average molecular weight is 606 g/mol. The summed E-state index contributed by atoms with van der Waals surface area (Å²) in [5, 5.41) is 2.45. The lowest BCUT2D eigenvalue weighted by molar-refractivity contribution is 1.29. The third kappa shape index (κ3) is 5.15. The minimum absolute atomic E-state index is 0.906. The summed E-state index contributed by atoms with van der Waals surface area (Å²) in [5.74, 6) is 0. The van der Waals surface area contributed by atoms with Gasteiger partial charge in [0.25, 0.3) is 0 Å². The number of nitrogens with zero attached hydrogens (tertiary/aromatic N) is 4. The van der Waals surface area contributed by atoms with Gasteiger partial charge in [-0.25, -0.2) is 9.97 Å². The molecule has 7 nitrogen and oxygen atoms in total. The fourth-order valence-electron chi connectivity index (χ4n) is 6.25. The lowest BCUT2D eigenvalue weighted by atomic mass is 10.0. The number of rotatable bonds is 1. The first-order valence-corrected chi connectivity index (χ1v) is 15.5. The largest absolute Gasteiger partial charge is 0.355 e. The molecule has 5 aromatic heterocycles. The number of nitrogens with one attached hydrogen (secondary N) is 3. The van der Waals surface area contributed by atoms with E-state index in [9.17, 15) is 0 Å². The fourth-order valence-corrected chi connectivity index (χ4v) is 6.25. The van der Waals surface area contributed by atoms with Crippen molar-refractivity contribution in [3.8, 4) is 11.1 Å². The Labute approximate surface area is 269 Å². The van der Waals surface area contributed by atoms with Gasteiger partial charge in [-0.15, -0.1) is 0 Å². The number of H-pyrrole nitrogens is 3. The predicted molar refractivity (Wildman–Crippen MR) is 193 cm³/mol. The number of hydrogen-bond acceptors (Lipinski definition) is 4. The van der Waals surface area contributed by atoms with Gasteiger partial charge in [0.1, 0.15) is 0 Å². The van der Waals surface area contributed by atoms with E-state index in [2.05, 4.69) is 116 Å². The number of benzene rings is 3. The van der Waals surface area contributed by atoms with Gasteiger partial charge in [0, 0.05) is 61.9 Å². The second-order valence-corrected chi connectivity index (χ2v) is 11.5. The van der Waals surface area contributed by atoms with Crippen LogP contribution in [0.5, 0.6) is 0 Å². The molecule has 3 aromatic carbocycles. The van der Waals surface area contributed by atoms with Gasteiger partial charge >= 0.3 is 0 Å². The van der Waals surface area contributed by atoms with Crippen LogP contribution in [-0.4, -0.2) is 34.9 Å². The molecule has 2 aliphatic rings. The van der Waals surface area contributed by atoms with Crippen molar-refractivity contribution in [3.05, 3.63) is 144 Å². The fraction of sp³-hybridized carbons (Fsp3) is 0. The summed E-state index contributed by atoms with van der Waals surface area (Å²) in [5.41, 5.74) is 14.1. The smallest absolute Gasteiger partial charge is 0.0886 e. The van der Waals surface area contributed by atoms with Crippen LogP contribution in [0.15, 0.2) is 122 Å². The van der Waals surface area contributed by atoms with Crippen molar-refractivity contribution < 1.29 is 0 Å². The van der Waals surface area contributed by atoms with Crippen LogP contribution in [0.25, 0.3) is 90.3 Å². The topological polar surface area (TPSA) is 98.9 Å². The molecule has 47 heavy (non-hydrogen) atoms. The summed E-state index contributed by atoms with van der Waals surface area (Å²) in [6.07, 6.45) is 11.6. The summed E-state index contributed by atoms with van der Waals surface area (Å²) in [4.78, 5) is 28.6. The standard InChI is InChI=1S/C32H21N5.C8H6N2/c1-2-7-30-26(4-1)27-5-3-6-28(32(27)37-30)29-17-25-16-23-11-10-21(34-23)14-19-8-9-20(33-19)15-22-12-13-24(35-22)18-31(29)36-25;1-2-4-8-7(3-1)9-5-6-10-8/h1-18,33,36-37H;1-6H. The van der Waals surface area contributed by atoms with Crippen LogP contribution in [-0.2, 0) is 0 Å². The van der Waals surface area contributed by atoms with E-state index >= 15 is 0 Å². The van der Waals surface area contributed by atoms with E-state index in [0.717, 1.165) is 78.0 Å². The Bertz CT molecular complexity index is 2640. The zero-order valence-electron chi connectivity index (χ0n) is 25.1. The Morgan fingerprint density at radius 2 is 1.00 bits per heavy atom. The van der Waals surface area contributed by atoms with E-state index in [1.807, 2.05) is 42.5 Å². The van der Waals surface area contributed by atoms with Crippen molar-refractivity contribution >= 4 is 79.2 Å². The molecule has 0 fully saturated rings. The van der Waals surface area contributed by atoms with E-state index in [0.29, 0.717) is 0 Å². The Morgan fingerprint density at radius 3 is 1.70 bits per heavy atom. The van der Waals surface area contributed by atoms with Crippen molar-refractivity contribution in [2.75, 3.05) is 0 Å². The van der Waals surface area contributed by atoms with Crippen molar-refractivity contribution in [2.45, 2.75) is 0 Å². The van der Waals surface area contributed by atoms with Gasteiger partial charge in [0.15, 0.2) is 0 Å². The summed E-state index contributed by atoms with van der Waals surface area (Å²) in [7, 11) is 0. The average Bonchev–Trinajstić information content (AvgIpc) is 3.94. The van der Waals surface area contributed by atoms with Crippen LogP contribution in [0.1, 0.15) is 22.8 Å². The Balaban J connectivity index is 0.000000258. The van der Waals surface area contributed by atoms with Gasteiger partial charge < -0.3 is 15.0 Å². The van der Waals surface area contributed by atoms with Crippen LogP contribution >= 0.6 is 0 Å². The van der Waals surface area contributed by atoms with E-state index in [1.165, 1.54) is 10.8 Å². The Kier molecular flexibility index (Phi) is 6.31. The number of aromatic amines is 3. The lowest BCUT2D eigenvalue weighted by Crippen LogP contribution is -1.80. The van der Waals surface area contributed by atoms with Crippen molar-refractivity contribution in [1.82, 2.24) is 34.9 Å². The predicted octanol–water partition coefficient (Wildman–Crippen LogP) is 9.59. The first-order chi connectivity index (χ1) is 23.2. The Hall–Kier alpha value is -6.60. The molecule has 0 radical (unpaired) electrons. The summed E-state index contributed by atoms with van der Waals surface area (Å²) in [6.45, 7) is 0.